The molecule has 1 aliphatic rings. The first-order chi connectivity index (χ1) is 15.6. The number of benzene rings is 1. The lowest BCUT2D eigenvalue weighted by Crippen LogP contribution is -2.47. The van der Waals surface area contributed by atoms with Gasteiger partial charge in [-0.15, -0.1) is 0 Å². The van der Waals surface area contributed by atoms with Crippen LogP contribution in [0.15, 0.2) is 42.7 Å². The predicted molar refractivity (Wildman–Crippen MR) is 119 cm³/mol. The lowest BCUT2D eigenvalue weighted by Gasteiger charge is -2.30. The zero-order chi connectivity index (χ0) is 24.4. The third-order valence-corrected chi connectivity index (χ3v) is 4.80. The first-order valence-electron chi connectivity index (χ1n) is 10.8. The first-order valence-corrected chi connectivity index (χ1v) is 10.8. The fraction of sp³-hybridized carbons (Fsp3) is 0.542. The van der Waals surface area contributed by atoms with E-state index in [-0.39, 0.29) is 19.1 Å². The number of carbonyl (C=O) groups is 3. The highest BCUT2D eigenvalue weighted by atomic mass is 16.6. The highest BCUT2D eigenvalue weighted by molar-refractivity contribution is 5.82. The van der Waals surface area contributed by atoms with Gasteiger partial charge in [-0.1, -0.05) is 30.3 Å². The maximum atomic E-state index is 12.8. The van der Waals surface area contributed by atoms with Crippen molar-refractivity contribution in [3.8, 4) is 0 Å². The fourth-order valence-corrected chi connectivity index (χ4v) is 3.33. The van der Waals surface area contributed by atoms with Gasteiger partial charge in [0, 0.05) is 5.92 Å². The van der Waals surface area contributed by atoms with Crippen molar-refractivity contribution in [3.63, 3.8) is 0 Å². The van der Waals surface area contributed by atoms with Crippen LogP contribution in [0.5, 0.6) is 0 Å². The highest BCUT2D eigenvalue weighted by Gasteiger charge is 2.36. The second-order valence-electron chi connectivity index (χ2n) is 8.75. The molecule has 0 radical (unpaired) electrons. The molecule has 33 heavy (non-hydrogen) atoms. The van der Waals surface area contributed by atoms with Gasteiger partial charge in [0.1, 0.15) is 17.8 Å². The number of alkyl carbamates (subject to hydrolysis) is 1. The highest BCUT2D eigenvalue weighted by Crippen LogP contribution is 2.23. The van der Waals surface area contributed by atoms with Crippen LogP contribution in [0.25, 0.3) is 0 Å². The summed E-state index contributed by atoms with van der Waals surface area (Å²) in [7, 11) is 1.26. The molecule has 0 unspecified atom stereocenters. The molecule has 2 rings (SSSR count). The molecule has 1 heterocycles. The lowest BCUT2D eigenvalue weighted by atomic mass is 9.91. The zero-order valence-corrected chi connectivity index (χ0v) is 19.7. The van der Waals surface area contributed by atoms with Gasteiger partial charge in [0.05, 0.1) is 32.7 Å². The molecule has 9 heteroatoms. The lowest BCUT2D eigenvalue weighted by molar-refractivity contribution is -0.157. The summed E-state index contributed by atoms with van der Waals surface area (Å²) in [5, 5.41) is 2.51. The van der Waals surface area contributed by atoms with Crippen molar-refractivity contribution in [2.24, 2.45) is 5.92 Å². The Labute approximate surface area is 194 Å². The molecule has 4 atom stereocenters. The summed E-state index contributed by atoms with van der Waals surface area (Å²) in [5.74, 6) is -1.45. The molecule has 1 saturated heterocycles. The van der Waals surface area contributed by atoms with E-state index in [1.807, 2.05) is 30.3 Å². The maximum absolute atomic E-state index is 12.8. The van der Waals surface area contributed by atoms with Crippen molar-refractivity contribution in [1.82, 2.24) is 5.32 Å². The summed E-state index contributed by atoms with van der Waals surface area (Å²) in [6, 6.07) is 8.72. The summed E-state index contributed by atoms with van der Waals surface area (Å²) in [6.07, 6.45) is 0.911. The van der Waals surface area contributed by atoms with Crippen LogP contribution in [0, 0.1) is 5.92 Å². The Hall–Kier alpha value is -3.07. The van der Waals surface area contributed by atoms with E-state index in [0.29, 0.717) is 6.42 Å². The van der Waals surface area contributed by atoms with Gasteiger partial charge in [0.25, 0.3) is 0 Å². The molecule has 182 valence electrons. The van der Waals surface area contributed by atoms with E-state index in [2.05, 4.69) is 10.1 Å². The average molecular weight is 464 g/mol. The number of esters is 2. The van der Waals surface area contributed by atoms with E-state index in [0.717, 1.165) is 11.6 Å². The van der Waals surface area contributed by atoms with E-state index in [9.17, 15) is 14.4 Å². The normalized spacial score (nSPS) is 24.1. The second kappa shape index (κ2) is 12.2. The summed E-state index contributed by atoms with van der Waals surface area (Å²) in [6.45, 7) is 7.03. The number of methoxy groups -OCH3 is 1. The van der Waals surface area contributed by atoms with Crippen LogP contribution in [0.1, 0.15) is 33.3 Å². The third kappa shape index (κ3) is 9.13. The van der Waals surface area contributed by atoms with Crippen LogP contribution in [0.4, 0.5) is 4.79 Å². The fourth-order valence-electron chi connectivity index (χ4n) is 3.33. The molecular weight excluding hydrogens is 430 g/mol. The van der Waals surface area contributed by atoms with Gasteiger partial charge in [0.15, 0.2) is 6.04 Å². The van der Waals surface area contributed by atoms with Crippen LogP contribution in [-0.2, 0) is 39.7 Å². The monoisotopic (exact) mass is 463 g/mol. The number of nitrogens with one attached hydrogen (secondary N) is 1. The predicted octanol–water partition coefficient (Wildman–Crippen LogP) is 2.77. The number of hydrogen-bond acceptors (Lipinski definition) is 8. The molecule has 0 aromatic heterocycles. The van der Waals surface area contributed by atoms with Crippen LogP contribution in [0.3, 0.4) is 0 Å². The summed E-state index contributed by atoms with van der Waals surface area (Å²) < 4.78 is 27.1. The minimum absolute atomic E-state index is 0.0825. The first kappa shape index (κ1) is 26.2. The zero-order valence-electron chi connectivity index (χ0n) is 19.7. The van der Waals surface area contributed by atoms with Gasteiger partial charge in [-0.3, -0.25) is 0 Å². The number of amides is 1. The van der Waals surface area contributed by atoms with Gasteiger partial charge in [-0.25, -0.2) is 14.4 Å². The van der Waals surface area contributed by atoms with Gasteiger partial charge < -0.3 is 29.0 Å². The van der Waals surface area contributed by atoms with Gasteiger partial charge in [-0.2, -0.15) is 0 Å². The molecule has 1 fully saturated rings. The van der Waals surface area contributed by atoms with Gasteiger partial charge in [-0.05, 0) is 39.7 Å². The molecule has 1 N–H and O–H groups in total. The number of hydrogen-bond donors (Lipinski definition) is 1. The summed E-state index contributed by atoms with van der Waals surface area (Å²) in [4.78, 5) is 36.3. The van der Waals surface area contributed by atoms with Gasteiger partial charge in [0.2, 0.25) is 0 Å². The molecule has 0 bridgehead atoms. The average Bonchev–Trinajstić information content (AvgIpc) is 2.78. The molecular formula is C24H33NO8. The van der Waals surface area contributed by atoms with Crippen LogP contribution < -0.4 is 5.32 Å². The number of rotatable bonds is 6. The van der Waals surface area contributed by atoms with Crippen molar-refractivity contribution in [3.05, 3.63) is 48.2 Å². The molecule has 0 saturated carbocycles. The van der Waals surface area contributed by atoms with E-state index in [1.165, 1.54) is 13.4 Å². The Kier molecular flexibility index (Phi) is 9.72. The minimum Gasteiger partial charge on any atom is -0.494 e. The maximum Gasteiger partial charge on any atom is 0.408 e. The molecule has 9 nitrogen and oxygen atoms in total. The standard InChI is InChI=1S/C24H33NO8/c1-16-21(31-12-11-20(26)29-5)18(13-17-9-7-6-8-10-17)14-30-15-19(22(27)32-16)25-23(28)33-24(2,3)4/h6-12,16,18-19,21H,13-15H2,1-5H3,(H,25,28)/b12-11+/t16-,18-,19-,21-/m0/s1. The molecule has 1 aromatic rings. The number of ether oxygens (including phenoxy) is 5. The van der Waals surface area contributed by atoms with E-state index in [4.69, 9.17) is 18.9 Å². The number of carbonyl (C=O) groups excluding carboxylic acids is 3. The Morgan fingerprint density at radius 3 is 2.52 bits per heavy atom. The van der Waals surface area contributed by atoms with Crippen molar-refractivity contribution in [1.29, 1.82) is 0 Å². The van der Waals surface area contributed by atoms with Crippen molar-refractivity contribution in [2.45, 2.75) is 58.0 Å². The Balaban J connectivity index is 2.19. The number of cyclic esters (lactones) is 1. The van der Waals surface area contributed by atoms with Crippen LogP contribution in [0.2, 0.25) is 0 Å². The van der Waals surface area contributed by atoms with Crippen LogP contribution >= 0.6 is 0 Å². The Morgan fingerprint density at radius 1 is 1.18 bits per heavy atom. The van der Waals surface area contributed by atoms with Gasteiger partial charge >= 0.3 is 18.0 Å². The summed E-state index contributed by atoms with van der Waals surface area (Å²) >= 11 is 0. The Morgan fingerprint density at radius 2 is 1.88 bits per heavy atom. The van der Waals surface area contributed by atoms with Crippen LogP contribution in [-0.4, -0.2) is 62.2 Å². The largest absolute Gasteiger partial charge is 0.494 e. The van der Waals surface area contributed by atoms with Crippen molar-refractivity contribution >= 4 is 18.0 Å². The quantitative estimate of drug-likeness (QED) is 0.297. The minimum atomic E-state index is -1.04. The molecule has 1 aliphatic heterocycles. The van der Waals surface area contributed by atoms with Crippen molar-refractivity contribution < 1.29 is 38.1 Å². The van der Waals surface area contributed by atoms with Crippen molar-refractivity contribution in [2.75, 3.05) is 20.3 Å². The molecule has 0 spiro atoms. The SMILES string of the molecule is COC(=O)/C=C/O[C@@H]1[C@@H](Cc2ccccc2)COC[C@H](NC(=O)OC(C)(C)C)C(=O)O[C@H]1C. The Bertz CT molecular complexity index is 818. The topological polar surface area (TPSA) is 109 Å². The third-order valence-electron chi connectivity index (χ3n) is 4.80. The van der Waals surface area contributed by atoms with E-state index >= 15 is 0 Å². The molecule has 0 aliphatic carbocycles. The summed E-state index contributed by atoms with van der Waals surface area (Å²) in [5.41, 5.74) is 0.338. The molecule has 1 aromatic carbocycles. The molecule has 1 amide bonds. The smallest absolute Gasteiger partial charge is 0.408 e. The second-order valence-corrected chi connectivity index (χ2v) is 8.75. The van der Waals surface area contributed by atoms with E-state index < -0.39 is 41.9 Å². The van der Waals surface area contributed by atoms with E-state index in [1.54, 1.807) is 27.7 Å².